The van der Waals surface area contributed by atoms with Crippen LogP contribution in [0.3, 0.4) is 0 Å². The van der Waals surface area contributed by atoms with Gasteiger partial charge in [0, 0.05) is 12.6 Å². The Morgan fingerprint density at radius 3 is 2.68 bits per heavy atom. The lowest BCUT2D eigenvalue weighted by Crippen LogP contribution is -2.21. The van der Waals surface area contributed by atoms with E-state index in [0.29, 0.717) is 18.7 Å². The molecule has 0 aromatic rings. The van der Waals surface area contributed by atoms with Crippen molar-refractivity contribution in [2.75, 3.05) is 0 Å². The second-order valence-electron chi connectivity index (χ2n) is 5.32. The van der Waals surface area contributed by atoms with Gasteiger partial charge in [-0.2, -0.15) is 0 Å². The molecule has 5 nitrogen and oxygen atoms in total. The summed E-state index contributed by atoms with van der Waals surface area (Å²) in [7, 11) is 0. The summed E-state index contributed by atoms with van der Waals surface area (Å²) in [6.45, 7) is 2.11. The molecule has 0 fully saturated rings. The molecule has 1 unspecified atom stereocenters. The number of aliphatic carboxylic acids is 1. The average Bonchev–Trinajstić information content (AvgIpc) is 2.74. The monoisotopic (exact) mass is 307 g/mol. The molecule has 1 atom stereocenters. The average molecular weight is 307 g/mol. The first-order valence-electron chi connectivity index (χ1n) is 7.87. The zero-order chi connectivity index (χ0) is 16.2. The minimum absolute atomic E-state index is 0.0873. The molecule has 0 bridgehead atoms. The third kappa shape index (κ3) is 7.67. The minimum atomic E-state index is -0.830. The Hall–Kier alpha value is -2.04. The number of hydrogen-bond donors (Lipinski definition) is 2. The summed E-state index contributed by atoms with van der Waals surface area (Å²) in [5, 5.41) is 11.6. The zero-order valence-corrected chi connectivity index (χ0v) is 13.1. The van der Waals surface area contributed by atoms with E-state index in [-0.39, 0.29) is 18.3 Å². The molecule has 122 valence electrons. The van der Waals surface area contributed by atoms with Crippen molar-refractivity contribution in [2.45, 2.75) is 51.9 Å². The predicted octanol–water partition coefficient (Wildman–Crippen LogP) is 3.50. The van der Waals surface area contributed by atoms with Gasteiger partial charge in [-0.05, 0) is 31.4 Å². The highest BCUT2D eigenvalue weighted by atomic mass is 16.5. The largest absolute Gasteiger partial charge is 0.481 e. The molecule has 0 amide bonds. The van der Waals surface area contributed by atoms with Crippen LogP contribution in [-0.2, 0) is 14.3 Å². The van der Waals surface area contributed by atoms with E-state index < -0.39 is 5.97 Å². The van der Waals surface area contributed by atoms with Gasteiger partial charge in [0.05, 0.1) is 5.92 Å². The SMILES string of the molecule is CCCCCC(CCCC(=O)O)C(=O)OC1=CC=CC=CN1. The van der Waals surface area contributed by atoms with E-state index in [4.69, 9.17) is 9.84 Å². The number of allylic oxidation sites excluding steroid dienone is 4. The third-order valence-corrected chi connectivity index (χ3v) is 3.43. The van der Waals surface area contributed by atoms with E-state index >= 15 is 0 Å². The van der Waals surface area contributed by atoms with Gasteiger partial charge in [0.25, 0.3) is 0 Å². The highest BCUT2D eigenvalue weighted by molar-refractivity contribution is 5.73. The van der Waals surface area contributed by atoms with Crippen LogP contribution < -0.4 is 5.32 Å². The van der Waals surface area contributed by atoms with E-state index in [0.717, 1.165) is 25.7 Å². The molecule has 0 saturated carbocycles. The molecule has 0 radical (unpaired) electrons. The van der Waals surface area contributed by atoms with E-state index in [2.05, 4.69) is 12.2 Å². The molecule has 0 aromatic carbocycles. The van der Waals surface area contributed by atoms with Gasteiger partial charge in [-0.3, -0.25) is 9.59 Å². The maximum Gasteiger partial charge on any atom is 0.315 e. The van der Waals surface area contributed by atoms with Gasteiger partial charge in [-0.1, -0.05) is 38.3 Å². The summed E-state index contributed by atoms with van der Waals surface area (Å²) in [5.41, 5.74) is 0. The number of unbranched alkanes of at least 4 members (excludes halogenated alkanes) is 2. The van der Waals surface area contributed by atoms with Gasteiger partial charge in [0.1, 0.15) is 0 Å². The van der Waals surface area contributed by atoms with Crippen molar-refractivity contribution < 1.29 is 19.4 Å². The number of carboxylic acids is 1. The lowest BCUT2D eigenvalue weighted by Gasteiger charge is -2.16. The van der Waals surface area contributed by atoms with Crippen molar-refractivity contribution >= 4 is 11.9 Å². The van der Waals surface area contributed by atoms with Crippen LogP contribution in [0, 0.1) is 5.92 Å². The van der Waals surface area contributed by atoms with Gasteiger partial charge < -0.3 is 15.2 Å². The minimum Gasteiger partial charge on any atom is -0.481 e. The van der Waals surface area contributed by atoms with Crippen molar-refractivity contribution in [2.24, 2.45) is 5.92 Å². The summed E-state index contributed by atoms with van der Waals surface area (Å²) in [6, 6.07) is 0. The summed E-state index contributed by atoms with van der Waals surface area (Å²) in [5.74, 6) is -0.966. The molecule has 0 saturated heterocycles. The Labute approximate surface area is 131 Å². The fourth-order valence-corrected chi connectivity index (χ4v) is 2.22. The quantitative estimate of drug-likeness (QED) is 0.477. The van der Waals surface area contributed by atoms with Crippen LogP contribution in [0.25, 0.3) is 0 Å². The Morgan fingerprint density at radius 1 is 1.18 bits per heavy atom. The van der Waals surface area contributed by atoms with Gasteiger partial charge >= 0.3 is 11.9 Å². The molecule has 0 aliphatic carbocycles. The highest BCUT2D eigenvalue weighted by Crippen LogP contribution is 2.20. The van der Waals surface area contributed by atoms with Crippen LogP contribution in [0.4, 0.5) is 0 Å². The molecule has 5 heteroatoms. The number of carbonyl (C=O) groups is 2. The maximum atomic E-state index is 12.3. The Morgan fingerprint density at radius 2 is 1.95 bits per heavy atom. The molecule has 0 aromatic heterocycles. The van der Waals surface area contributed by atoms with Crippen molar-refractivity contribution in [1.82, 2.24) is 5.32 Å². The van der Waals surface area contributed by atoms with E-state index in [1.807, 2.05) is 12.2 Å². The summed E-state index contributed by atoms with van der Waals surface area (Å²) < 4.78 is 5.38. The van der Waals surface area contributed by atoms with Crippen molar-refractivity contribution in [3.8, 4) is 0 Å². The molecular weight excluding hydrogens is 282 g/mol. The topological polar surface area (TPSA) is 75.6 Å². The van der Waals surface area contributed by atoms with E-state index in [9.17, 15) is 9.59 Å². The van der Waals surface area contributed by atoms with Crippen molar-refractivity contribution in [3.05, 3.63) is 36.4 Å². The predicted molar refractivity (Wildman–Crippen MR) is 84.7 cm³/mol. The molecule has 1 rings (SSSR count). The van der Waals surface area contributed by atoms with Gasteiger partial charge in [0.15, 0.2) is 0 Å². The van der Waals surface area contributed by atoms with Crippen LogP contribution in [0.15, 0.2) is 36.4 Å². The second kappa shape index (κ2) is 10.7. The Bertz CT molecular complexity index is 452. The van der Waals surface area contributed by atoms with Crippen LogP contribution >= 0.6 is 0 Å². The second-order valence-corrected chi connectivity index (χ2v) is 5.32. The van der Waals surface area contributed by atoms with Crippen LogP contribution in [-0.4, -0.2) is 17.0 Å². The summed E-state index contributed by atoms with van der Waals surface area (Å²) >= 11 is 0. The molecule has 0 spiro atoms. The first kappa shape index (κ1) is 18.0. The summed E-state index contributed by atoms with van der Waals surface area (Å²) in [6.07, 6.45) is 13.8. The number of carbonyl (C=O) groups excluding carboxylic acids is 1. The first-order chi connectivity index (χ1) is 10.6. The van der Waals surface area contributed by atoms with Crippen LogP contribution in [0.1, 0.15) is 51.9 Å². The number of carboxylic acid groups (broad SMARTS) is 1. The smallest absolute Gasteiger partial charge is 0.315 e. The molecule has 1 heterocycles. The number of ether oxygens (including phenoxy) is 1. The molecule has 22 heavy (non-hydrogen) atoms. The highest BCUT2D eigenvalue weighted by Gasteiger charge is 2.21. The molecular formula is C17H25NO4. The lowest BCUT2D eigenvalue weighted by molar-refractivity contribution is -0.146. The van der Waals surface area contributed by atoms with E-state index in [1.54, 1.807) is 18.4 Å². The fraction of sp³-hybridized carbons (Fsp3) is 0.529. The first-order valence-corrected chi connectivity index (χ1v) is 7.87. The number of hydrogen-bond acceptors (Lipinski definition) is 4. The van der Waals surface area contributed by atoms with Gasteiger partial charge in [-0.15, -0.1) is 0 Å². The normalized spacial score (nSPS) is 14.7. The lowest BCUT2D eigenvalue weighted by atomic mass is 9.95. The van der Waals surface area contributed by atoms with Gasteiger partial charge in [-0.25, -0.2) is 0 Å². The standard InChI is InChI=1S/C17H25NO4/c1-2-3-5-9-14(10-8-12-16(19)20)17(21)22-15-11-6-4-7-13-18-15/h4,6-7,11,13-14,18H,2-3,5,8-10,12H2,1H3,(H,19,20). The third-order valence-electron chi connectivity index (χ3n) is 3.43. The van der Waals surface area contributed by atoms with Crippen molar-refractivity contribution in [1.29, 1.82) is 0 Å². The maximum absolute atomic E-state index is 12.3. The number of nitrogens with one attached hydrogen (secondary N) is 1. The summed E-state index contributed by atoms with van der Waals surface area (Å²) in [4.78, 5) is 22.9. The van der Waals surface area contributed by atoms with Crippen LogP contribution in [0.2, 0.25) is 0 Å². The van der Waals surface area contributed by atoms with Gasteiger partial charge in [0.2, 0.25) is 5.88 Å². The molecule has 2 N–H and O–H groups in total. The van der Waals surface area contributed by atoms with E-state index in [1.165, 1.54) is 0 Å². The number of esters is 1. The van der Waals surface area contributed by atoms with Crippen molar-refractivity contribution in [3.63, 3.8) is 0 Å². The van der Waals surface area contributed by atoms with Crippen LogP contribution in [0.5, 0.6) is 0 Å². The molecule has 1 aliphatic heterocycles. The zero-order valence-electron chi connectivity index (χ0n) is 13.1. The fourth-order valence-electron chi connectivity index (χ4n) is 2.22. The Balaban J connectivity index is 2.53. The molecule has 1 aliphatic rings. The number of rotatable bonds is 10. The Kier molecular flexibility index (Phi) is 8.72.